The van der Waals surface area contributed by atoms with Crippen LogP contribution in [0.5, 0.6) is 0 Å². The SMILES string of the molecule is COC(=O)c1nc(C#N)cc(C(F)F)c1C(F)(F)F. The molecule has 0 atom stereocenters. The number of hydrogen-bond acceptors (Lipinski definition) is 4. The van der Waals surface area contributed by atoms with Gasteiger partial charge in [0.05, 0.1) is 12.7 Å². The topological polar surface area (TPSA) is 63.0 Å². The summed E-state index contributed by atoms with van der Waals surface area (Å²) in [6.07, 6.45) is -8.74. The molecule has 1 heterocycles. The summed E-state index contributed by atoms with van der Waals surface area (Å²) >= 11 is 0. The van der Waals surface area contributed by atoms with Gasteiger partial charge in [0.1, 0.15) is 11.8 Å². The zero-order valence-corrected chi connectivity index (χ0v) is 9.26. The van der Waals surface area contributed by atoms with E-state index in [1.54, 1.807) is 0 Å². The Bertz CT molecular complexity index is 548. The predicted molar refractivity (Wildman–Crippen MR) is 50.3 cm³/mol. The van der Waals surface area contributed by atoms with Crippen molar-refractivity contribution in [1.82, 2.24) is 4.98 Å². The summed E-state index contributed by atoms with van der Waals surface area (Å²) in [5.41, 5.74) is -5.47. The first kappa shape index (κ1) is 14.8. The molecule has 0 spiro atoms. The average molecular weight is 280 g/mol. The van der Waals surface area contributed by atoms with E-state index in [0.717, 1.165) is 7.11 Å². The minimum Gasteiger partial charge on any atom is -0.464 e. The smallest absolute Gasteiger partial charge is 0.419 e. The molecule has 0 fully saturated rings. The molecule has 0 amide bonds. The number of hydrogen-bond donors (Lipinski definition) is 0. The Morgan fingerprint density at radius 1 is 1.47 bits per heavy atom. The molecule has 9 heteroatoms. The van der Waals surface area contributed by atoms with E-state index in [0.29, 0.717) is 6.07 Å². The van der Waals surface area contributed by atoms with Crippen molar-refractivity contribution in [2.45, 2.75) is 12.6 Å². The van der Waals surface area contributed by atoms with Gasteiger partial charge in [0.15, 0.2) is 5.69 Å². The van der Waals surface area contributed by atoms with Gasteiger partial charge in [0, 0.05) is 5.56 Å². The molecule has 1 aromatic rings. The molecule has 4 nitrogen and oxygen atoms in total. The number of alkyl halides is 5. The maximum Gasteiger partial charge on any atom is 0.419 e. The lowest BCUT2D eigenvalue weighted by Crippen LogP contribution is -2.20. The monoisotopic (exact) mass is 280 g/mol. The molecular weight excluding hydrogens is 275 g/mol. The van der Waals surface area contributed by atoms with Gasteiger partial charge in [-0.15, -0.1) is 0 Å². The molecule has 0 aromatic carbocycles. The summed E-state index contributed by atoms with van der Waals surface area (Å²) < 4.78 is 67.5. The first-order valence-corrected chi connectivity index (χ1v) is 4.61. The van der Waals surface area contributed by atoms with Crippen molar-refractivity contribution in [2.75, 3.05) is 7.11 Å². The largest absolute Gasteiger partial charge is 0.464 e. The number of nitrogens with zero attached hydrogens (tertiary/aromatic N) is 2. The van der Waals surface area contributed by atoms with E-state index in [9.17, 15) is 26.7 Å². The van der Waals surface area contributed by atoms with E-state index in [-0.39, 0.29) is 0 Å². The molecule has 0 saturated heterocycles. The van der Waals surface area contributed by atoms with Crippen LogP contribution in [0.4, 0.5) is 22.0 Å². The summed E-state index contributed by atoms with van der Waals surface area (Å²) in [5.74, 6) is -1.55. The van der Waals surface area contributed by atoms with Gasteiger partial charge in [0.2, 0.25) is 0 Å². The Labute approximate surface area is 103 Å². The highest BCUT2D eigenvalue weighted by atomic mass is 19.4. The Morgan fingerprint density at radius 3 is 2.42 bits per heavy atom. The highest BCUT2D eigenvalue weighted by Crippen LogP contribution is 2.38. The second-order valence-corrected chi connectivity index (χ2v) is 3.22. The van der Waals surface area contributed by atoms with Crippen LogP contribution in [0.2, 0.25) is 0 Å². The molecule has 0 aliphatic heterocycles. The molecule has 0 unspecified atom stereocenters. The molecule has 0 N–H and O–H groups in total. The molecule has 1 rings (SSSR count). The quantitative estimate of drug-likeness (QED) is 0.617. The van der Waals surface area contributed by atoms with Gasteiger partial charge in [-0.05, 0) is 6.07 Å². The van der Waals surface area contributed by atoms with Gasteiger partial charge in [-0.1, -0.05) is 0 Å². The number of pyridine rings is 1. The van der Waals surface area contributed by atoms with Gasteiger partial charge in [-0.2, -0.15) is 18.4 Å². The number of rotatable bonds is 2. The number of halogens is 5. The van der Waals surface area contributed by atoms with Crippen molar-refractivity contribution in [1.29, 1.82) is 5.26 Å². The summed E-state index contributed by atoms with van der Waals surface area (Å²) in [7, 11) is 0.769. The Balaban J connectivity index is 3.73. The number of nitriles is 1. The summed E-state index contributed by atoms with van der Waals surface area (Å²) in [6.45, 7) is 0. The molecule has 0 radical (unpaired) electrons. The van der Waals surface area contributed by atoms with Crippen molar-refractivity contribution >= 4 is 5.97 Å². The van der Waals surface area contributed by atoms with Gasteiger partial charge in [-0.25, -0.2) is 18.6 Å². The third-order valence-corrected chi connectivity index (χ3v) is 2.06. The van der Waals surface area contributed by atoms with Crippen molar-refractivity contribution in [2.24, 2.45) is 0 Å². The molecule has 19 heavy (non-hydrogen) atoms. The van der Waals surface area contributed by atoms with E-state index < -0.39 is 41.1 Å². The molecule has 0 aliphatic carbocycles. The first-order chi connectivity index (χ1) is 8.72. The van der Waals surface area contributed by atoms with E-state index >= 15 is 0 Å². The van der Waals surface area contributed by atoms with Crippen molar-refractivity contribution in [3.8, 4) is 6.07 Å². The number of methoxy groups -OCH3 is 1. The summed E-state index contributed by atoms with van der Waals surface area (Å²) in [5, 5.41) is 8.53. The van der Waals surface area contributed by atoms with Gasteiger partial charge < -0.3 is 4.74 Å². The maximum absolute atomic E-state index is 12.7. The van der Waals surface area contributed by atoms with Crippen molar-refractivity contribution < 1.29 is 31.5 Å². The Morgan fingerprint density at radius 2 is 2.05 bits per heavy atom. The lowest BCUT2D eigenvalue weighted by Gasteiger charge is -2.15. The van der Waals surface area contributed by atoms with Crippen molar-refractivity contribution in [3.05, 3.63) is 28.6 Å². The molecule has 1 aromatic heterocycles. The van der Waals surface area contributed by atoms with Gasteiger partial charge in [-0.3, -0.25) is 0 Å². The Hall–Kier alpha value is -2.24. The van der Waals surface area contributed by atoms with E-state index in [1.807, 2.05) is 0 Å². The summed E-state index contributed by atoms with van der Waals surface area (Å²) in [6, 6.07) is 1.59. The minimum atomic E-state index is -5.23. The van der Waals surface area contributed by atoms with Crippen molar-refractivity contribution in [3.63, 3.8) is 0 Å². The lowest BCUT2D eigenvalue weighted by molar-refractivity contribution is -0.140. The molecular formula is C10H5F5N2O2. The second kappa shape index (κ2) is 5.17. The van der Waals surface area contributed by atoms with Crippen LogP contribution < -0.4 is 0 Å². The van der Waals surface area contributed by atoms with Crippen LogP contribution in [0.15, 0.2) is 6.07 Å². The lowest BCUT2D eigenvalue weighted by atomic mass is 10.0. The molecule has 102 valence electrons. The van der Waals surface area contributed by atoms with Crippen LogP contribution in [0.25, 0.3) is 0 Å². The van der Waals surface area contributed by atoms with E-state index in [4.69, 9.17) is 5.26 Å². The van der Waals surface area contributed by atoms with Crippen LogP contribution >= 0.6 is 0 Å². The van der Waals surface area contributed by atoms with Gasteiger partial charge in [0.25, 0.3) is 6.43 Å². The standard InChI is InChI=1S/C10H5F5N2O2/c1-19-9(18)7-6(10(13,14)15)5(8(11)12)2-4(3-16)17-7/h2,8H,1H3. The number of esters is 1. The Kier molecular flexibility index (Phi) is 4.04. The zero-order chi connectivity index (χ0) is 14.8. The highest BCUT2D eigenvalue weighted by molar-refractivity contribution is 5.89. The fourth-order valence-electron chi connectivity index (χ4n) is 1.34. The normalized spacial score (nSPS) is 11.3. The highest BCUT2D eigenvalue weighted by Gasteiger charge is 2.41. The molecule has 0 aliphatic rings. The van der Waals surface area contributed by atoms with Crippen LogP contribution in [0.1, 0.15) is 33.7 Å². The fraction of sp³-hybridized carbons (Fsp3) is 0.300. The predicted octanol–water partition coefficient (Wildman–Crippen LogP) is 2.70. The van der Waals surface area contributed by atoms with Crippen LogP contribution in [-0.2, 0) is 10.9 Å². The zero-order valence-electron chi connectivity index (χ0n) is 9.26. The fourth-order valence-corrected chi connectivity index (χ4v) is 1.34. The summed E-state index contributed by atoms with van der Waals surface area (Å²) in [4.78, 5) is 14.3. The number of aromatic nitrogens is 1. The second-order valence-electron chi connectivity index (χ2n) is 3.22. The third kappa shape index (κ3) is 2.96. The molecule has 0 bridgehead atoms. The van der Waals surface area contributed by atoms with Crippen LogP contribution in [-0.4, -0.2) is 18.1 Å². The first-order valence-electron chi connectivity index (χ1n) is 4.61. The maximum atomic E-state index is 12.7. The minimum absolute atomic E-state index is 0.292. The van der Waals surface area contributed by atoms with Crippen LogP contribution in [0, 0.1) is 11.3 Å². The van der Waals surface area contributed by atoms with Crippen LogP contribution in [0.3, 0.4) is 0 Å². The molecule has 0 saturated carbocycles. The number of ether oxygens (including phenoxy) is 1. The van der Waals surface area contributed by atoms with Gasteiger partial charge >= 0.3 is 12.1 Å². The third-order valence-electron chi connectivity index (χ3n) is 2.06. The van der Waals surface area contributed by atoms with E-state index in [2.05, 4.69) is 9.72 Å². The number of carbonyl (C=O) groups excluding carboxylic acids is 1. The average Bonchev–Trinajstić information content (AvgIpc) is 2.34. The van der Waals surface area contributed by atoms with E-state index in [1.165, 1.54) is 6.07 Å². The number of carbonyl (C=O) groups is 1.